The summed E-state index contributed by atoms with van der Waals surface area (Å²) in [5, 5.41) is 0. The van der Waals surface area contributed by atoms with Gasteiger partial charge in [0.1, 0.15) is 18.4 Å². The van der Waals surface area contributed by atoms with Gasteiger partial charge in [0.15, 0.2) is 0 Å². The highest BCUT2D eigenvalue weighted by molar-refractivity contribution is 4.81. The van der Waals surface area contributed by atoms with Crippen LogP contribution >= 0.6 is 0 Å². The fraction of sp³-hybridized carbons (Fsp3) is 0.875. The Morgan fingerprint density at radius 3 is 1.14 bits per heavy atom. The molecule has 0 saturated heterocycles. The van der Waals surface area contributed by atoms with E-state index in [1.807, 2.05) is 0 Å². The number of hydrogen-bond acceptors (Lipinski definition) is 0. The third-order valence-corrected chi connectivity index (χ3v) is 9.40. The number of imidazole rings is 1. The molecule has 0 aliphatic heterocycles. The van der Waals surface area contributed by atoms with Crippen LogP contribution in [0.1, 0.15) is 219 Å². The average molecular weight is 622 g/mol. The van der Waals surface area contributed by atoms with E-state index in [9.17, 15) is 0 Å². The largest absolute Gasteiger partial charge is 1.00 e. The summed E-state index contributed by atoms with van der Waals surface area (Å²) in [6.45, 7) is 4.60. The van der Waals surface area contributed by atoms with Crippen molar-refractivity contribution in [2.24, 2.45) is 7.05 Å². The lowest BCUT2D eigenvalue weighted by molar-refractivity contribution is -0.724. The van der Waals surface area contributed by atoms with Crippen LogP contribution in [0.2, 0.25) is 0 Å². The number of nitrogens with zero attached hydrogens (tertiary/aromatic N) is 2. The van der Waals surface area contributed by atoms with E-state index in [-0.39, 0.29) is 12.4 Å². The zero-order valence-electron chi connectivity index (χ0n) is 29.7. The molecule has 0 aliphatic carbocycles. The number of aromatic nitrogens is 2. The van der Waals surface area contributed by atoms with Gasteiger partial charge in [0.25, 0.3) is 0 Å². The summed E-state index contributed by atoms with van der Waals surface area (Å²) < 4.78 is 4.71. The standard InChI is InChI=1S/C40H77N2.ClH/c1-4-6-8-10-12-14-16-18-20-22-24-26-28-30-32-34-36-40(42-38-37-41(3)39-42)35-33-31-29-27-25-23-21-19-17-15-13-11-9-7-5-2;/h17,19,37-40H,4-16,18,20-36H2,1-3H3;1H/q+1;/p-1/b19-17+;. The van der Waals surface area contributed by atoms with E-state index in [2.05, 4.69) is 60.9 Å². The minimum absolute atomic E-state index is 0. The lowest BCUT2D eigenvalue weighted by atomic mass is 9.99. The molecule has 1 rings (SSSR count). The molecule has 0 saturated carbocycles. The van der Waals surface area contributed by atoms with E-state index in [1.54, 1.807) is 0 Å². The fourth-order valence-corrected chi connectivity index (χ4v) is 6.51. The van der Waals surface area contributed by atoms with Gasteiger partial charge in [0.05, 0.1) is 7.05 Å². The van der Waals surface area contributed by atoms with Crippen molar-refractivity contribution in [2.75, 3.05) is 0 Å². The zero-order chi connectivity index (χ0) is 30.2. The Labute approximate surface area is 277 Å². The van der Waals surface area contributed by atoms with E-state index >= 15 is 0 Å². The Morgan fingerprint density at radius 2 is 0.814 bits per heavy atom. The van der Waals surface area contributed by atoms with Crippen LogP contribution in [-0.4, -0.2) is 4.57 Å². The first kappa shape index (κ1) is 42.2. The van der Waals surface area contributed by atoms with Crippen molar-refractivity contribution < 1.29 is 17.0 Å². The zero-order valence-corrected chi connectivity index (χ0v) is 30.4. The van der Waals surface area contributed by atoms with Crippen LogP contribution in [-0.2, 0) is 7.05 Å². The molecule has 0 N–H and O–H groups in total. The van der Waals surface area contributed by atoms with Gasteiger partial charge in [-0.25, -0.2) is 9.13 Å². The van der Waals surface area contributed by atoms with Gasteiger partial charge >= 0.3 is 0 Å². The lowest BCUT2D eigenvalue weighted by Crippen LogP contribution is -3.00. The first-order valence-electron chi connectivity index (χ1n) is 19.5. The summed E-state index contributed by atoms with van der Waals surface area (Å²) in [5.41, 5.74) is 0. The fourth-order valence-electron chi connectivity index (χ4n) is 6.51. The Hall–Kier alpha value is -0.760. The molecule has 1 aromatic rings. The molecule has 1 atom stereocenters. The van der Waals surface area contributed by atoms with Gasteiger partial charge in [-0.05, 0) is 51.4 Å². The number of unbranched alkanes of at least 4 members (excludes halogenated alkanes) is 26. The molecule has 0 amide bonds. The van der Waals surface area contributed by atoms with Crippen molar-refractivity contribution in [3.05, 3.63) is 30.9 Å². The molecule has 3 heteroatoms. The quantitative estimate of drug-likeness (QED) is 0.0420. The lowest BCUT2D eigenvalue weighted by Gasteiger charge is -2.14. The molecule has 254 valence electrons. The normalized spacial score (nSPS) is 12.3. The average Bonchev–Trinajstić information content (AvgIpc) is 3.43. The first-order chi connectivity index (χ1) is 20.8. The Morgan fingerprint density at radius 1 is 0.488 bits per heavy atom. The summed E-state index contributed by atoms with van der Waals surface area (Å²) in [5.74, 6) is 0. The van der Waals surface area contributed by atoms with Crippen LogP contribution < -0.4 is 17.0 Å². The van der Waals surface area contributed by atoms with Crippen molar-refractivity contribution in [2.45, 2.75) is 219 Å². The third kappa shape index (κ3) is 28.5. The minimum atomic E-state index is 0. The predicted molar refractivity (Wildman–Crippen MR) is 188 cm³/mol. The molecule has 0 fully saturated rings. The van der Waals surface area contributed by atoms with Crippen molar-refractivity contribution in [1.82, 2.24) is 4.57 Å². The molecule has 1 unspecified atom stereocenters. The highest BCUT2D eigenvalue weighted by atomic mass is 35.5. The van der Waals surface area contributed by atoms with Crippen molar-refractivity contribution in [3.8, 4) is 0 Å². The van der Waals surface area contributed by atoms with Crippen molar-refractivity contribution >= 4 is 0 Å². The number of halogens is 1. The van der Waals surface area contributed by atoms with E-state index < -0.39 is 0 Å². The second kappa shape index (κ2) is 34.1. The van der Waals surface area contributed by atoms with E-state index in [4.69, 9.17) is 0 Å². The minimum Gasteiger partial charge on any atom is -1.00 e. The number of aryl methyl sites for hydroxylation is 1. The maximum absolute atomic E-state index is 2.50. The van der Waals surface area contributed by atoms with Crippen LogP contribution in [0.25, 0.3) is 0 Å². The second-order valence-corrected chi connectivity index (χ2v) is 13.6. The summed E-state index contributed by atoms with van der Waals surface area (Å²) in [6, 6.07) is 0.699. The molecule has 0 bridgehead atoms. The van der Waals surface area contributed by atoms with Crippen molar-refractivity contribution in [1.29, 1.82) is 0 Å². The monoisotopic (exact) mass is 621 g/mol. The van der Waals surface area contributed by atoms with Crippen LogP contribution in [0, 0.1) is 0 Å². The van der Waals surface area contributed by atoms with Gasteiger partial charge in [-0.2, -0.15) is 0 Å². The predicted octanol–water partition coefficient (Wildman–Crippen LogP) is 10.5. The Kier molecular flexibility index (Phi) is 33.5. The highest BCUT2D eigenvalue weighted by Gasteiger charge is 2.15. The van der Waals surface area contributed by atoms with Crippen molar-refractivity contribution in [3.63, 3.8) is 0 Å². The SMILES string of the molecule is CCCCCCC/C=C/CCCCCCCCC(CCCCCCCCCCCCCCCCCC)[n+]1ccn(C)c1.[Cl-]. The van der Waals surface area contributed by atoms with Crippen LogP contribution in [0.3, 0.4) is 0 Å². The number of rotatable bonds is 33. The molecular formula is C40H77ClN2. The van der Waals surface area contributed by atoms with Gasteiger partial charge < -0.3 is 12.4 Å². The third-order valence-electron chi connectivity index (χ3n) is 9.40. The summed E-state index contributed by atoms with van der Waals surface area (Å²) in [4.78, 5) is 0. The number of allylic oxidation sites excluding steroid dienone is 2. The Bertz CT molecular complexity index is 682. The molecule has 0 aliphatic rings. The Balaban J connectivity index is 0.0000176. The molecule has 0 spiro atoms. The topological polar surface area (TPSA) is 8.81 Å². The van der Waals surface area contributed by atoms with Crippen LogP contribution in [0.4, 0.5) is 0 Å². The van der Waals surface area contributed by atoms with Gasteiger partial charge in [-0.3, -0.25) is 0 Å². The molecule has 0 aromatic carbocycles. The van der Waals surface area contributed by atoms with Crippen LogP contribution in [0.5, 0.6) is 0 Å². The van der Waals surface area contributed by atoms with Gasteiger partial charge in [-0.1, -0.05) is 174 Å². The maximum atomic E-state index is 2.50. The van der Waals surface area contributed by atoms with E-state index in [1.165, 1.54) is 199 Å². The summed E-state index contributed by atoms with van der Waals surface area (Å²) in [7, 11) is 2.16. The highest BCUT2D eigenvalue weighted by Crippen LogP contribution is 2.20. The summed E-state index contributed by atoms with van der Waals surface area (Å²) in [6.07, 6.45) is 55.7. The second-order valence-electron chi connectivity index (χ2n) is 13.6. The van der Waals surface area contributed by atoms with Crippen LogP contribution in [0.15, 0.2) is 30.9 Å². The van der Waals surface area contributed by atoms with E-state index in [0.29, 0.717) is 6.04 Å². The van der Waals surface area contributed by atoms with Gasteiger partial charge in [-0.15, -0.1) is 0 Å². The smallest absolute Gasteiger partial charge is 0.243 e. The molecule has 43 heavy (non-hydrogen) atoms. The molecule has 0 radical (unpaired) electrons. The van der Waals surface area contributed by atoms with Gasteiger partial charge in [0.2, 0.25) is 6.33 Å². The molecular weight excluding hydrogens is 544 g/mol. The molecule has 1 aromatic heterocycles. The summed E-state index contributed by atoms with van der Waals surface area (Å²) >= 11 is 0. The molecule has 1 heterocycles. The first-order valence-corrected chi connectivity index (χ1v) is 19.5. The number of hydrogen-bond donors (Lipinski definition) is 0. The molecule has 2 nitrogen and oxygen atoms in total. The maximum Gasteiger partial charge on any atom is 0.243 e. The van der Waals surface area contributed by atoms with Gasteiger partial charge in [0, 0.05) is 0 Å². The van der Waals surface area contributed by atoms with E-state index in [0.717, 1.165) is 0 Å².